The number of hydrogen-bond donors (Lipinski definition) is 6. The molecule has 0 aliphatic carbocycles. The van der Waals surface area contributed by atoms with Crippen LogP contribution in [0.1, 0.15) is 53.4 Å². The van der Waals surface area contributed by atoms with Crippen molar-refractivity contribution < 1.29 is 29.1 Å². The lowest BCUT2D eigenvalue weighted by molar-refractivity contribution is -0.142. The third-order valence-corrected chi connectivity index (χ3v) is 4.14. The number of rotatable bonds is 14. The molecule has 0 aliphatic heterocycles. The van der Waals surface area contributed by atoms with Gasteiger partial charge < -0.3 is 32.5 Å². The van der Waals surface area contributed by atoms with Crippen LogP contribution in [-0.4, -0.2) is 59.4 Å². The molecule has 0 saturated carbocycles. The van der Waals surface area contributed by atoms with Crippen molar-refractivity contribution in [3.8, 4) is 0 Å². The van der Waals surface area contributed by atoms with Gasteiger partial charge in [-0.1, -0.05) is 27.7 Å². The third-order valence-electron chi connectivity index (χ3n) is 4.14. The number of hydrogen-bond acceptors (Lipinski definition) is 6. The van der Waals surface area contributed by atoms with Gasteiger partial charge in [0, 0.05) is 6.42 Å². The molecule has 0 heterocycles. The fourth-order valence-corrected chi connectivity index (χ4v) is 2.68. The highest BCUT2D eigenvalue weighted by molar-refractivity contribution is 5.92. The molecule has 0 bridgehead atoms. The first-order valence-electron chi connectivity index (χ1n) is 9.97. The van der Waals surface area contributed by atoms with Crippen LogP contribution in [0.2, 0.25) is 0 Å². The van der Waals surface area contributed by atoms with Crippen LogP contribution in [0.15, 0.2) is 0 Å². The maximum absolute atomic E-state index is 12.5. The summed E-state index contributed by atoms with van der Waals surface area (Å²) >= 11 is 0. The minimum absolute atomic E-state index is 0.0846. The molecule has 11 heteroatoms. The van der Waals surface area contributed by atoms with E-state index in [4.69, 9.17) is 16.6 Å². The zero-order chi connectivity index (χ0) is 23.4. The van der Waals surface area contributed by atoms with Crippen molar-refractivity contribution in [1.29, 1.82) is 0 Å². The van der Waals surface area contributed by atoms with Crippen molar-refractivity contribution in [1.82, 2.24) is 16.0 Å². The molecule has 0 spiro atoms. The number of carboxylic acid groups (broad SMARTS) is 1. The van der Waals surface area contributed by atoms with Gasteiger partial charge in [-0.15, -0.1) is 0 Å². The average molecular weight is 430 g/mol. The summed E-state index contributed by atoms with van der Waals surface area (Å²) in [5.41, 5.74) is 10.8. The van der Waals surface area contributed by atoms with E-state index in [0.717, 1.165) is 0 Å². The van der Waals surface area contributed by atoms with Gasteiger partial charge in [0.2, 0.25) is 23.6 Å². The normalized spacial score (nSPS) is 14.0. The minimum Gasteiger partial charge on any atom is -0.480 e. The lowest BCUT2D eigenvalue weighted by Crippen LogP contribution is -2.54. The number of nitrogens with one attached hydrogen (secondary N) is 3. The van der Waals surface area contributed by atoms with Crippen LogP contribution in [0.5, 0.6) is 0 Å². The third kappa shape index (κ3) is 12.0. The molecule has 4 amide bonds. The van der Waals surface area contributed by atoms with Crippen molar-refractivity contribution in [2.45, 2.75) is 71.5 Å². The second kappa shape index (κ2) is 13.5. The Morgan fingerprint density at radius 1 is 0.867 bits per heavy atom. The summed E-state index contributed by atoms with van der Waals surface area (Å²) in [5, 5.41) is 16.3. The van der Waals surface area contributed by atoms with E-state index in [1.807, 2.05) is 27.7 Å². The second-order valence-corrected chi connectivity index (χ2v) is 8.11. The Balaban J connectivity index is 4.83. The minimum atomic E-state index is -1.32. The second-order valence-electron chi connectivity index (χ2n) is 8.11. The van der Waals surface area contributed by atoms with E-state index in [0.29, 0.717) is 12.8 Å². The Morgan fingerprint density at radius 3 is 1.90 bits per heavy atom. The van der Waals surface area contributed by atoms with Crippen molar-refractivity contribution >= 4 is 29.6 Å². The molecule has 0 aromatic carbocycles. The summed E-state index contributed by atoms with van der Waals surface area (Å²) in [4.78, 5) is 58.7. The van der Waals surface area contributed by atoms with Gasteiger partial charge in [-0.25, -0.2) is 4.79 Å². The van der Waals surface area contributed by atoms with Crippen molar-refractivity contribution in [2.75, 3.05) is 6.54 Å². The largest absolute Gasteiger partial charge is 0.480 e. The molecule has 172 valence electrons. The van der Waals surface area contributed by atoms with E-state index in [1.165, 1.54) is 0 Å². The highest BCUT2D eigenvalue weighted by Gasteiger charge is 2.26. The first kappa shape index (κ1) is 27.3. The molecule has 0 aromatic heterocycles. The van der Waals surface area contributed by atoms with Gasteiger partial charge in [0.05, 0.1) is 12.6 Å². The Kier molecular flexibility index (Phi) is 12.3. The van der Waals surface area contributed by atoms with E-state index in [1.54, 1.807) is 0 Å². The van der Waals surface area contributed by atoms with E-state index < -0.39 is 54.3 Å². The molecule has 0 rings (SSSR count). The van der Waals surface area contributed by atoms with Crippen molar-refractivity contribution in [2.24, 2.45) is 23.3 Å². The van der Waals surface area contributed by atoms with Crippen LogP contribution in [-0.2, 0) is 24.0 Å². The van der Waals surface area contributed by atoms with Crippen molar-refractivity contribution in [3.63, 3.8) is 0 Å². The first-order chi connectivity index (χ1) is 13.8. The van der Waals surface area contributed by atoms with E-state index in [-0.39, 0.29) is 24.7 Å². The predicted octanol–water partition coefficient (Wildman–Crippen LogP) is -1.16. The predicted molar refractivity (Wildman–Crippen MR) is 110 cm³/mol. The molecule has 0 saturated heterocycles. The van der Waals surface area contributed by atoms with Crippen LogP contribution >= 0.6 is 0 Å². The molecule has 0 aromatic rings. The molecule has 0 radical (unpaired) electrons. The number of carbonyl (C=O) groups excluding carboxylic acids is 4. The lowest BCUT2D eigenvalue weighted by Gasteiger charge is -2.23. The quantitative estimate of drug-likeness (QED) is 0.200. The molecule has 8 N–H and O–H groups in total. The Hall–Kier alpha value is -2.69. The van der Waals surface area contributed by atoms with Gasteiger partial charge in [0.15, 0.2) is 0 Å². The Bertz CT molecular complexity index is 623. The number of aliphatic carboxylic acids is 1. The van der Waals surface area contributed by atoms with Crippen LogP contribution in [0.3, 0.4) is 0 Å². The fraction of sp³-hybridized carbons (Fsp3) is 0.737. The Morgan fingerprint density at radius 2 is 1.43 bits per heavy atom. The molecular formula is C19H35N5O6. The lowest BCUT2D eigenvalue weighted by atomic mass is 10.0. The molecule has 3 unspecified atom stereocenters. The number of nitrogens with two attached hydrogens (primary N) is 2. The van der Waals surface area contributed by atoms with Crippen LogP contribution in [0.25, 0.3) is 0 Å². The molecule has 0 fully saturated rings. The molecule has 3 atom stereocenters. The summed E-state index contributed by atoms with van der Waals surface area (Å²) in [6.45, 7) is 7.13. The first-order valence-corrected chi connectivity index (χ1v) is 9.97. The summed E-state index contributed by atoms with van der Waals surface area (Å²) in [5.74, 6) is -3.48. The van der Waals surface area contributed by atoms with Gasteiger partial charge in [-0.3, -0.25) is 19.2 Å². The molecule has 0 aliphatic rings. The summed E-state index contributed by atoms with van der Waals surface area (Å²) in [6, 6.07) is -2.94. The summed E-state index contributed by atoms with van der Waals surface area (Å²) in [6.07, 6.45) is 0.433. The standard InChI is InChI=1S/C19H35N5O6/c1-10(2)7-12(20)17(27)24-14(8-11(3)4)18(28)22-9-16(26)23-13(19(29)30)5-6-15(21)25/h10-14H,5-9,20H2,1-4H3,(H2,21,25)(H,22,28)(H,23,26)(H,24,27)(H,29,30). The van der Waals surface area contributed by atoms with Gasteiger partial charge in [-0.05, 0) is 31.1 Å². The van der Waals surface area contributed by atoms with Gasteiger partial charge in [0.25, 0.3) is 0 Å². The fourth-order valence-electron chi connectivity index (χ4n) is 2.68. The number of primary amides is 1. The van der Waals surface area contributed by atoms with E-state index in [2.05, 4.69) is 16.0 Å². The van der Waals surface area contributed by atoms with Gasteiger partial charge in [0.1, 0.15) is 12.1 Å². The average Bonchev–Trinajstić information content (AvgIpc) is 2.60. The zero-order valence-electron chi connectivity index (χ0n) is 18.1. The Labute approximate surface area is 176 Å². The number of amides is 4. The van der Waals surface area contributed by atoms with Crippen molar-refractivity contribution in [3.05, 3.63) is 0 Å². The van der Waals surface area contributed by atoms with Gasteiger partial charge >= 0.3 is 5.97 Å². The topological polar surface area (TPSA) is 194 Å². The number of carboxylic acids is 1. The van der Waals surface area contributed by atoms with Crippen LogP contribution < -0.4 is 27.4 Å². The smallest absolute Gasteiger partial charge is 0.326 e. The molecule has 30 heavy (non-hydrogen) atoms. The van der Waals surface area contributed by atoms with Crippen LogP contribution in [0.4, 0.5) is 0 Å². The highest BCUT2D eigenvalue weighted by atomic mass is 16.4. The van der Waals surface area contributed by atoms with Gasteiger partial charge in [-0.2, -0.15) is 0 Å². The number of carbonyl (C=O) groups is 5. The SMILES string of the molecule is CC(C)CC(N)C(=O)NC(CC(C)C)C(=O)NCC(=O)NC(CCC(N)=O)C(=O)O. The molecule has 11 nitrogen and oxygen atoms in total. The van der Waals surface area contributed by atoms with E-state index >= 15 is 0 Å². The maximum atomic E-state index is 12.5. The summed E-state index contributed by atoms with van der Waals surface area (Å²) in [7, 11) is 0. The summed E-state index contributed by atoms with van der Waals surface area (Å²) < 4.78 is 0. The van der Waals surface area contributed by atoms with Crippen LogP contribution in [0, 0.1) is 11.8 Å². The highest BCUT2D eigenvalue weighted by Crippen LogP contribution is 2.07. The molecular weight excluding hydrogens is 394 g/mol. The van der Waals surface area contributed by atoms with E-state index in [9.17, 15) is 24.0 Å². The monoisotopic (exact) mass is 429 g/mol. The zero-order valence-corrected chi connectivity index (χ0v) is 18.1. The maximum Gasteiger partial charge on any atom is 0.326 e.